The Balaban J connectivity index is 1.86. The van der Waals surface area contributed by atoms with Crippen LogP contribution >= 0.6 is 0 Å². The molecule has 0 saturated carbocycles. The molecule has 21 heavy (non-hydrogen) atoms. The topological polar surface area (TPSA) is 55.4 Å². The van der Waals surface area contributed by atoms with E-state index >= 15 is 0 Å². The van der Waals surface area contributed by atoms with Gasteiger partial charge in [-0.25, -0.2) is 4.79 Å². The van der Waals surface area contributed by atoms with Crippen molar-refractivity contribution in [2.75, 3.05) is 5.32 Å². The van der Waals surface area contributed by atoms with E-state index in [1.165, 1.54) is 0 Å². The zero-order valence-electron chi connectivity index (χ0n) is 11.8. The fraction of sp³-hybridized carbons (Fsp3) is 0.176. The SMILES string of the molecule is CCC(=O)c1ccc(NC(=O)OCc2ccccc2)cc1. The number of ketones is 1. The summed E-state index contributed by atoms with van der Waals surface area (Å²) in [5.41, 5.74) is 2.16. The molecule has 1 amide bonds. The lowest BCUT2D eigenvalue weighted by atomic mass is 10.1. The molecular formula is C17H17NO3. The molecule has 2 aromatic carbocycles. The number of anilines is 1. The van der Waals surface area contributed by atoms with Crippen LogP contribution < -0.4 is 5.32 Å². The second-order valence-corrected chi connectivity index (χ2v) is 4.54. The van der Waals surface area contributed by atoms with Crippen LogP contribution in [0, 0.1) is 0 Å². The molecule has 108 valence electrons. The third-order valence-corrected chi connectivity index (χ3v) is 2.99. The van der Waals surface area contributed by atoms with E-state index in [-0.39, 0.29) is 12.4 Å². The van der Waals surface area contributed by atoms with Crippen molar-refractivity contribution >= 4 is 17.6 Å². The van der Waals surface area contributed by atoms with Gasteiger partial charge < -0.3 is 4.74 Å². The summed E-state index contributed by atoms with van der Waals surface area (Å²) in [7, 11) is 0. The Labute approximate surface area is 123 Å². The molecule has 0 aliphatic rings. The summed E-state index contributed by atoms with van der Waals surface area (Å²) in [5.74, 6) is 0.0770. The molecule has 0 aliphatic carbocycles. The fourth-order valence-corrected chi connectivity index (χ4v) is 1.82. The normalized spacial score (nSPS) is 9.95. The van der Waals surface area contributed by atoms with Crippen molar-refractivity contribution in [2.45, 2.75) is 20.0 Å². The third kappa shape index (κ3) is 4.45. The van der Waals surface area contributed by atoms with Gasteiger partial charge in [0, 0.05) is 17.7 Å². The van der Waals surface area contributed by atoms with Crippen LogP contribution in [-0.2, 0) is 11.3 Å². The molecule has 0 aromatic heterocycles. The van der Waals surface area contributed by atoms with Gasteiger partial charge in [-0.3, -0.25) is 10.1 Å². The average molecular weight is 283 g/mol. The first-order valence-electron chi connectivity index (χ1n) is 6.80. The van der Waals surface area contributed by atoms with Gasteiger partial charge in [0.05, 0.1) is 0 Å². The van der Waals surface area contributed by atoms with E-state index in [0.29, 0.717) is 17.7 Å². The zero-order chi connectivity index (χ0) is 15.1. The highest BCUT2D eigenvalue weighted by Gasteiger charge is 2.06. The number of amides is 1. The highest BCUT2D eigenvalue weighted by molar-refractivity contribution is 5.96. The van der Waals surface area contributed by atoms with E-state index in [2.05, 4.69) is 5.32 Å². The van der Waals surface area contributed by atoms with E-state index < -0.39 is 6.09 Å². The van der Waals surface area contributed by atoms with Crippen LogP contribution in [0.1, 0.15) is 29.3 Å². The molecule has 0 unspecified atom stereocenters. The standard InChI is InChI=1S/C17H17NO3/c1-2-16(19)14-8-10-15(11-9-14)18-17(20)21-12-13-6-4-3-5-7-13/h3-11H,2,12H2,1H3,(H,18,20). The number of carbonyl (C=O) groups is 2. The zero-order valence-corrected chi connectivity index (χ0v) is 11.8. The molecule has 0 heterocycles. The first-order valence-corrected chi connectivity index (χ1v) is 6.80. The molecule has 2 rings (SSSR count). The Bertz CT molecular complexity index is 606. The summed E-state index contributed by atoms with van der Waals surface area (Å²) in [6.45, 7) is 2.04. The highest BCUT2D eigenvalue weighted by atomic mass is 16.5. The maximum absolute atomic E-state index is 11.7. The molecule has 0 aliphatic heterocycles. The van der Waals surface area contributed by atoms with Gasteiger partial charge in [0.15, 0.2) is 5.78 Å². The number of ether oxygens (including phenoxy) is 1. The smallest absolute Gasteiger partial charge is 0.411 e. The minimum absolute atomic E-state index is 0.0770. The molecule has 0 spiro atoms. The Morgan fingerprint density at radius 3 is 2.29 bits per heavy atom. The van der Waals surface area contributed by atoms with Crippen LogP contribution in [0.15, 0.2) is 54.6 Å². The molecule has 2 aromatic rings. The average Bonchev–Trinajstić information content (AvgIpc) is 2.54. The number of hydrogen-bond acceptors (Lipinski definition) is 3. The lowest BCUT2D eigenvalue weighted by Crippen LogP contribution is -2.13. The van der Waals surface area contributed by atoms with Crippen molar-refractivity contribution < 1.29 is 14.3 Å². The van der Waals surface area contributed by atoms with Crippen molar-refractivity contribution in [1.82, 2.24) is 0 Å². The highest BCUT2D eigenvalue weighted by Crippen LogP contribution is 2.12. The van der Waals surface area contributed by atoms with Gasteiger partial charge in [-0.05, 0) is 29.8 Å². The lowest BCUT2D eigenvalue weighted by Gasteiger charge is -2.07. The number of benzene rings is 2. The minimum atomic E-state index is -0.520. The number of hydrogen-bond donors (Lipinski definition) is 1. The van der Waals surface area contributed by atoms with Gasteiger partial charge in [0.25, 0.3) is 0 Å². The number of carbonyl (C=O) groups excluding carboxylic acids is 2. The molecule has 4 heteroatoms. The van der Waals surface area contributed by atoms with Crippen molar-refractivity contribution in [1.29, 1.82) is 0 Å². The van der Waals surface area contributed by atoms with Gasteiger partial charge in [0.2, 0.25) is 0 Å². The van der Waals surface area contributed by atoms with E-state index in [0.717, 1.165) is 5.56 Å². The summed E-state index contributed by atoms with van der Waals surface area (Å²) >= 11 is 0. The molecule has 0 bridgehead atoms. The van der Waals surface area contributed by atoms with Gasteiger partial charge in [-0.15, -0.1) is 0 Å². The summed E-state index contributed by atoms with van der Waals surface area (Å²) in [5, 5.41) is 2.62. The maximum atomic E-state index is 11.7. The van der Waals surface area contributed by atoms with E-state index in [1.807, 2.05) is 37.3 Å². The fourth-order valence-electron chi connectivity index (χ4n) is 1.82. The van der Waals surface area contributed by atoms with Crippen LogP contribution in [0.2, 0.25) is 0 Å². The maximum Gasteiger partial charge on any atom is 0.411 e. The second-order valence-electron chi connectivity index (χ2n) is 4.54. The van der Waals surface area contributed by atoms with Gasteiger partial charge >= 0.3 is 6.09 Å². The van der Waals surface area contributed by atoms with Crippen molar-refractivity contribution in [2.24, 2.45) is 0 Å². The summed E-state index contributed by atoms with van der Waals surface area (Å²) in [6, 6.07) is 16.2. The van der Waals surface area contributed by atoms with E-state index in [9.17, 15) is 9.59 Å². The molecule has 1 N–H and O–H groups in total. The molecular weight excluding hydrogens is 266 g/mol. The number of rotatable bonds is 5. The summed E-state index contributed by atoms with van der Waals surface area (Å²) in [6.07, 6.45) is -0.0558. The van der Waals surface area contributed by atoms with Crippen molar-refractivity contribution in [3.05, 3.63) is 65.7 Å². The van der Waals surface area contributed by atoms with Gasteiger partial charge in [-0.2, -0.15) is 0 Å². The second kappa shape index (κ2) is 7.24. The molecule has 4 nitrogen and oxygen atoms in total. The molecule has 0 radical (unpaired) electrons. The van der Waals surface area contributed by atoms with Gasteiger partial charge in [0.1, 0.15) is 6.61 Å². The number of nitrogens with one attached hydrogen (secondary N) is 1. The predicted octanol–water partition coefficient (Wildman–Crippen LogP) is 4.03. The van der Waals surface area contributed by atoms with E-state index in [1.54, 1.807) is 24.3 Å². The quantitative estimate of drug-likeness (QED) is 0.843. The summed E-state index contributed by atoms with van der Waals surface area (Å²) in [4.78, 5) is 23.2. The first-order chi connectivity index (χ1) is 10.2. The van der Waals surface area contributed by atoms with Crippen molar-refractivity contribution in [3.63, 3.8) is 0 Å². The Hall–Kier alpha value is -2.62. The lowest BCUT2D eigenvalue weighted by molar-refractivity contribution is 0.0988. The predicted molar refractivity (Wildman–Crippen MR) is 81.3 cm³/mol. The van der Waals surface area contributed by atoms with Crippen LogP contribution in [0.25, 0.3) is 0 Å². The van der Waals surface area contributed by atoms with Crippen molar-refractivity contribution in [3.8, 4) is 0 Å². The minimum Gasteiger partial charge on any atom is -0.444 e. The van der Waals surface area contributed by atoms with E-state index in [4.69, 9.17) is 4.74 Å². The number of Topliss-reactive ketones (excluding diaryl/α,β-unsaturated/α-hetero) is 1. The van der Waals surface area contributed by atoms with Crippen LogP contribution in [0.3, 0.4) is 0 Å². The summed E-state index contributed by atoms with van der Waals surface area (Å²) < 4.78 is 5.11. The van der Waals surface area contributed by atoms with Crippen LogP contribution in [0.5, 0.6) is 0 Å². The molecule has 0 atom stereocenters. The first kappa shape index (κ1) is 14.8. The Kier molecular flexibility index (Phi) is 5.10. The monoisotopic (exact) mass is 283 g/mol. The largest absolute Gasteiger partial charge is 0.444 e. The van der Waals surface area contributed by atoms with Gasteiger partial charge in [-0.1, -0.05) is 37.3 Å². The molecule has 0 saturated heterocycles. The van der Waals surface area contributed by atoms with Crippen LogP contribution in [0.4, 0.5) is 10.5 Å². The third-order valence-electron chi connectivity index (χ3n) is 2.99. The Morgan fingerprint density at radius 2 is 1.67 bits per heavy atom. The Morgan fingerprint density at radius 1 is 1.00 bits per heavy atom. The molecule has 0 fully saturated rings. The van der Waals surface area contributed by atoms with Crippen LogP contribution in [-0.4, -0.2) is 11.9 Å².